The van der Waals surface area contributed by atoms with Crippen LogP contribution in [0.3, 0.4) is 0 Å². The van der Waals surface area contributed by atoms with Crippen LogP contribution in [0, 0.1) is 11.6 Å². The Bertz CT molecular complexity index is 764. The summed E-state index contributed by atoms with van der Waals surface area (Å²) >= 11 is 0.902. The van der Waals surface area contributed by atoms with Gasteiger partial charge in [-0.05, 0) is 30.4 Å². The van der Waals surface area contributed by atoms with Crippen molar-refractivity contribution in [2.75, 3.05) is 18.2 Å². The lowest BCUT2D eigenvalue weighted by atomic mass is 10.0. The monoisotopic (exact) mass is 380 g/mol. The van der Waals surface area contributed by atoms with Crippen LogP contribution < -0.4 is 10.6 Å². The molecule has 0 radical (unpaired) electrons. The predicted molar refractivity (Wildman–Crippen MR) is 95.8 cm³/mol. The summed E-state index contributed by atoms with van der Waals surface area (Å²) in [5.41, 5.74) is 0.570. The van der Waals surface area contributed by atoms with Crippen LogP contribution in [0.2, 0.25) is 0 Å². The number of carbonyl (C=O) groups excluding carboxylic acids is 2. The molecular weight excluding hydrogens is 362 g/mol. The zero-order valence-electron chi connectivity index (χ0n) is 14.0. The van der Waals surface area contributed by atoms with Crippen molar-refractivity contribution in [1.29, 1.82) is 0 Å². The fraction of sp³-hybridized carbons (Fsp3) is 0.222. The van der Waals surface area contributed by atoms with E-state index in [4.69, 9.17) is 5.11 Å². The third-order valence-corrected chi connectivity index (χ3v) is 4.39. The molecule has 1 unspecified atom stereocenters. The van der Waals surface area contributed by atoms with Crippen LogP contribution in [0.5, 0.6) is 0 Å². The molecule has 5 nitrogen and oxygen atoms in total. The van der Waals surface area contributed by atoms with Gasteiger partial charge < -0.3 is 15.7 Å². The number of halogens is 2. The number of carbonyl (C=O) groups is 2. The van der Waals surface area contributed by atoms with Gasteiger partial charge in [0.25, 0.3) is 0 Å². The van der Waals surface area contributed by atoms with Crippen molar-refractivity contribution in [3.05, 3.63) is 59.7 Å². The number of aliphatic hydroxyl groups is 1. The molecule has 0 aliphatic rings. The van der Waals surface area contributed by atoms with Crippen molar-refractivity contribution in [3.63, 3.8) is 0 Å². The minimum atomic E-state index is -1.06. The normalized spacial score (nSPS) is 11.7. The summed E-state index contributed by atoms with van der Waals surface area (Å²) in [6, 6.07) is 10.2. The Morgan fingerprint density at radius 2 is 1.73 bits per heavy atom. The van der Waals surface area contributed by atoms with E-state index in [1.807, 2.05) is 0 Å². The van der Waals surface area contributed by atoms with Crippen LogP contribution in [0.1, 0.15) is 18.0 Å². The summed E-state index contributed by atoms with van der Waals surface area (Å²) in [4.78, 5) is 24.0. The molecule has 0 aromatic heterocycles. The molecule has 0 spiro atoms. The molecule has 1 atom stereocenters. The van der Waals surface area contributed by atoms with Gasteiger partial charge in [-0.1, -0.05) is 30.3 Å². The maximum Gasteiger partial charge on any atom is 0.313 e. The molecule has 2 amide bonds. The summed E-state index contributed by atoms with van der Waals surface area (Å²) in [6.45, 7) is -0.186. The molecule has 3 N–H and O–H groups in total. The number of amides is 2. The molecule has 0 saturated carbocycles. The number of hydrogen-bond donors (Lipinski definition) is 3. The van der Waals surface area contributed by atoms with Crippen LogP contribution in [-0.2, 0) is 9.59 Å². The molecule has 0 aliphatic heterocycles. The van der Waals surface area contributed by atoms with Crippen LogP contribution in [0.15, 0.2) is 47.4 Å². The van der Waals surface area contributed by atoms with E-state index in [1.165, 1.54) is 6.26 Å². The smallest absolute Gasteiger partial charge is 0.313 e. The third kappa shape index (κ3) is 5.03. The molecule has 0 fully saturated rings. The van der Waals surface area contributed by atoms with Crippen LogP contribution >= 0.6 is 11.8 Å². The highest BCUT2D eigenvalue weighted by Crippen LogP contribution is 2.26. The van der Waals surface area contributed by atoms with Crippen molar-refractivity contribution in [2.45, 2.75) is 17.4 Å². The standard InChI is InChI=1S/C18H18F2N2O3S/c1-26-16-13(19)9-12(10-14(16)20)21-17(24)18(25)22-15(7-8-23)11-5-3-2-4-6-11/h2-6,9-10,15,23H,7-8H2,1H3,(H,21,24)(H,22,25). The number of anilines is 1. The Balaban J connectivity index is 2.08. The average Bonchev–Trinajstić information content (AvgIpc) is 2.61. The molecule has 0 aliphatic carbocycles. The van der Waals surface area contributed by atoms with E-state index in [1.54, 1.807) is 30.3 Å². The fourth-order valence-electron chi connectivity index (χ4n) is 2.38. The second-order valence-electron chi connectivity index (χ2n) is 5.38. The highest BCUT2D eigenvalue weighted by atomic mass is 32.2. The van der Waals surface area contributed by atoms with Crippen molar-refractivity contribution in [3.8, 4) is 0 Å². The Morgan fingerprint density at radius 3 is 2.27 bits per heavy atom. The second-order valence-corrected chi connectivity index (χ2v) is 6.19. The van der Waals surface area contributed by atoms with E-state index >= 15 is 0 Å². The van der Waals surface area contributed by atoms with Crippen molar-refractivity contribution < 1.29 is 23.5 Å². The quantitative estimate of drug-likeness (QED) is 0.532. The largest absolute Gasteiger partial charge is 0.396 e. The number of thioether (sulfide) groups is 1. The van der Waals surface area contributed by atoms with Crippen molar-refractivity contribution >= 4 is 29.3 Å². The maximum atomic E-state index is 13.8. The Hall–Kier alpha value is -2.45. The molecule has 2 aromatic rings. The third-order valence-electron chi connectivity index (χ3n) is 3.59. The summed E-state index contributed by atoms with van der Waals surface area (Å²) in [7, 11) is 0. The van der Waals surface area contributed by atoms with E-state index in [0.717, 1.165) is 29.5 Å². The molecule has 8 heteroatoms. The fourth-order valence-corrected chi connectivity index (χ4v) is 2.88. The molecule has 0 saturated heterocycles. The Morgan fingerprint density at radius 1 is 1.12 bits per heavy atom. The van der Waals surface area contributed by atoms with Gasteiger partial charge in [0.2, 0.25) is 0 Å². The van der Waals surface area contributed by atoms with Gasteiger partial charge in [0, 0.05) is 12.3 Å². The SMILES string of the molecule is CSc1c(F)cc(NC(=O)C(=O)NC(CCO)c2ccccc2)cc1F. The molecule has 138 valence electrons. The van der Waals surface area contributed by atoms with Crippen LogP contribution in [0.4, 0.5) is 14.5 Å². The summed E-state index contributed by atoms with van der Waals surface area (Å²) in [6.07, 6.45) is 1.74. The topological polar surface area (TPSA) is 78.4 Å². The van der Waals surface area contributed by atoms with E-state index in [9.17, 15) is 18.4 Å². The molecule has 0 heterocycles. The zero-order valence-corrected chi connectivity index (χ0v) is 14.8. The minimum absolute atomic E-state index is 0.156. The van der Waals surface area contributed by atoms with Crippen molar-refractivity contribution in [1.82, 2.24) is 5.32 Å². The second kappa shape index (κ2) is 9.30. The first-order chi connectivity index (χ1) is 12.5. The lowest BCUT2D eigenvalue weighted by Crippen LogP contribution is -2.38. The van der Waals surface area contributed by atoms with E-state index in [2.05, 4.69) is 10.6 Å². The highest BCUT2D eigenvalue weighted by Gasteiger charge is 2.21. The number of hydrogen-bond acceptors (Lipinski definition) is 4. The minimum Gasteiger partial charge on any atom is -0.396 e. The maximum absolute atomic E-state index is 13.8. The number of aliphatic hydroxyl groups excluding tert-OH is 1. The lowest BCUT2D eigenvalue weighted by Gasteiger charge is -2.18. The number of rotatable bonds is 6. The summed E-state index contributed by atoms with van der Waals surface area (Å²) < 4.78 is 27.5. The zero-order chi connectivity index (χ0) is 19.1. The lowest BCUT2D eigenvalue weighted by molar-refractivity contribution is -0.136. The van der Waals surface area contributed by atoms with Gasteiger partial charge in [0.1, 0.15) is 11.6 Å². The van der Waals surface area contributed by atoms with Gasteiger partial charge in [-0.25, -0.2) is 8.78 Å². The van der Waals surface area contributed by atoms with Gasteiger partial charge in [-0.15, -0.1) is 11.8 Å². The average molecular weight is 380 g/mol. The van der Waals surface area contributed by atoms with E-state index in [-0.39, 0.29) is 23.6 Å². The number of benzene rings is 2. The van der Waals surface area contributed by atoms with Gasteiger partial charge in [0.15, 0.2) is 0 Å². The van der Waals surface area contributed by atoms with Gasteiger partial charge in [0.05, 0.1) is 10.9 Å². The molecule has 0 bridgehead atoms. The molecule has 2 rings (SSSR count). The first-order valence-electron chi connectivity index (χ1n) is 7.77. The number of nitrogens with one attached hydrogen (secondary N) is 2. The predicted octanol–water partition coefficient (Wildman–Crippen LogP) is 2.87. The first kappa shape index (κ1) is 19.9. The highest BCUT2D eigenvalue weighted by molar-refractivity contribution is 7.98. The van der Waals surface area contributed by atoms with Crippen LogP contribution in [0.25, 0.3) is 0 Å². The molecular formula is C18H18F2N2O3S. The van der Waals surface area contributed by atoms with Gasteiger partial charge in [-0.3, -0.25) is 9.59 Å². The van der Waals surface area contributed by atoms with Crippen molar-refractivity contribution in [2.24, 2.45) is 0 Å². The van der Waals surface area contributed by atoms with Gasteiger partial charge >= 0.3 is 11.8 Å². The Labute approximate surface area is 153 Å². The molecule has 2 aromatic carbocycles. The summed E-state index contributed by atoms with van der Waals surface area (Å²) in [5, 5.41) is 13.8. The first-order valence-corrected chi connectivity index (χ1v) is 8.99. The van der Waals surface area contributed by atoms with E-state index in [0.29, 0.717) is 0 Å². The Kier molecular flexibility index (Phi) is 7.11. The van der Waals surface area contributed by atoms with Gasteiger partial charge in [-0.2, -0.15) is 0 Å². The summed E-state index contributed by atoms with van der Waals surface area (Å²) in [5.74, 6) is -3.67. The van der Waals surface area contributed by atoms with Crippen LogP contribution in [-0.4, -0.2) is 29.8 Å². The molecule has 26 heavy (non-hydrogen) atoms. The van der Waals surface area contributed by atoms with E-state index < -0.39 is 29.5 Å².